The van der Waals surface area contributed by atoms with Gasteiger partial charge in [0, 0.05) is 13.2 Å². The van der Waals surface area contributed by atoms with Crippen LogP contribution in [-0.2, 0) is 14.8 Å². The smallest absolute Gasteiger partial charge is 0.235 e. The average molecular weight is 275 g/mol. The van der Waals surface area contributed by atoms with Crippen molar-refractivity contribution < 1.29 is 13.2 Å². The highest BCUT2D eigenvalue weighted by Gasteiger charge is 2.18. The number of aryl methyl sites for hydroxylation is 1. The molecule has 1 aromatic heterocycles. The zero-order valence-electron chi connectivity index (χ0n) is 11.5. The highest BCUT2D eigenvalue weighted by atomic mass is 32.2. The third kappa shape index (κ3) is 3.46. The molecule has 0 saturated heterocycles. The van der Waals surface area contributed by atoms with Crippen molar-refractivity contribution in [1.29, 1.82) is 0 Å². The molecule has 0 spiro atoms. The maximum atomic E-state index is 11.8. The van der Waals surface area contributed by atoms with Gasteiger partial charge in [-0.3, -0.25) is 9.40 Å². The van der Waals surface area contributed by atoms with Gasteiger partial charge in [-0.25, -0.2) is 8.42 Å². The van der Waals surface area contributed by atoms with Crippen LogP contribution >= 0.6 is 0 Å². The predicted molar refractivity (Wildman–Crippen MR) is 71.4 cm³/mol. The Hall–Kier alpha value is -1.08. The summed E-state index contributed by atoms with van der Waals surface area (Å²) in [5.74, 6) is -0.0603. The number of methoxy groups -OCH3 is 1. The second-order valence-electron chi connectivity index (χ2n) is 4.50. The number of rotatable bonds is 6. The van der Waals surface area contributed by atoms with E-state index in [2.05, 4.69) is 9.82 Å². The molecule has 7 heteroatoms. The summed E-state index contributed by atoms with van der Waals surface area (Å²) in [7, 11) is -1.91. The number of ether oxygens (including phenoxy) is 1. The summed E-state index contributed by atoms with van der Waals surface area (Å²) in [5.41, 5.74) is 2.07. The molecule has 0 amide bonds. The third-order valence-electron chi connectivity index (χ3n) is 2.63. The summed E-state index contributed by atoms with van der Waals surface area (Å²) in [6.07, 6.45) is 0. The van der Waals surface area contributed by atoms with E-state index in [0.29, 0.717) is 11.4 Å². The van der Waals surface area contributed by atoms with E-state index in [9.17, 15) is 8.42 Å². The Morgan fingerprint density at radius 1 is 1.39 bits per heavy atom. The van der Waals surface area contributed by atoms with Crippen molar-refractivity contribution in [2.24, 2.45) is 0 Å². The molecular weight excluding hydrogens is 254 g/mol. The van der Waals surface area contributed by atoms with Crippen molar-refractivity contribution in [2.75, 3.05) is 24.2 Å². The van der Waals surface area contributed by atoms with Gasteiger partial charge in [0.05, 0.1) is 29.4 Å². The zero-order valence-corrected chi connectivity index (χ0v) is 12.3. The van der Waals surface area contributed by atoms with Gasteiger partial charge in [0.25, 0.3) is 0 Å². The number of anilines is 1. The molecule has 1 N–H and O–H groups in total. The molecule has 0 aliphatic heterocycles. The largest absolute Gasteiger partial charge is 0.384 e. The van der Waals surface area contributed by atoms with Crippen LogP contribution < -0.4 is 4.72 Å². The van der Waals surface area contributed by atoms with E-state index < -0.39 is 10.0 Å². The van der Waals surface area contributed by atoms with Gasteiger partial charge in [0.1, 0.15) is 0 Å². The second kappa shape index (κ2) is 5.71. The molecule has 1 aromatic rings. The van der Waals surface area contributed by atoms with Crippen LogP contribution in [0, 0.1) is 13.8 Å². The molecule has 0 fully saturated rings. The zero-order chi connectivity index (χ0) is 13.9. The molecular formula is C11H21N3O3S. The van der Waals surface area contributed by atoms with Gasteiger partial charge in [0.2, 0.25) is 10.0 Å². The number of nitrogens with zero attached hydrogens (tertiary/aromatic N) is 2. The topological polar surface area (TPSA) is 73.2 Å². The molecule has 0 aliphatic carbocycles. The van der Waals surface area contributed by atoms with Crippen LogP contribution in [0.5, 0.6) is 0 Å². The quantitative estimate of drug-likeness (QED) is 0.853. The van der Waals surface area contributed by atoms with E-state index in [0.717, 1.165) is 5.69 Å². The summed E-state index contributed by atoms with van der Waals surface area (Å²) < 4.78 is 32.8. The number of hydrogen-bond acceptors (Lipinski definition) is 4. The molecule has 0 bridgehead atoms. The Morgan fingerprint density at radius 2 is 2.00 bits per heavy atom. The first-order valence-electron chi connectivity index (χ1n) is 5.83. The molecule has 0 unspecified atom stereocenters. The Labute approximate surface area is 108 Å². The maximum Gasteiger partial charge on any atom is 0.235 e. The molecule has 0 atom stereocenters. The molecule has 0 radical (unpaired) electrons. The predicted octanol–water partition coefficient (Wildman–Crippen LogP) is 1.47. The molecule has 0 saturated carbocycles. The van der Waals surface area contributed by atoms with E-state index in [4.69, 9.17) is 4.74 Å². The summed E-state index contributed by atoms with van der Waals surface area (Å²) >= 11 is 0. The lowest BCUT2D eigenvalue weighted by Gasteiger charge is -2.10. The number of aromatic nitrogens is 2. The molecule has 0 aromatic carbocycles. The van der Waals surface area contributed by atoms with Crippen LogP contribution in [0.2, 0.25) is 0 Å². The normalized spacial score (nSPS) is 12.1. The summed E-state index contributed by atoms with van der Waals surface area (Å²) in [6, 6.07) is 0.195. The number of hydrogen-bond donors (Lipinski definition) is 1. The number of sulfonamides is 1. The van der Waals surface area contributed by atoms with Gasteiger partial charge in [0.15, 0.2) is 0 Å². The van der Waals surface area contributed by atoms with Crippen molar-refractivity contribution in [1.82, 2.24) is 9.78 Å². The molecule has 18 heavy (non-hydrogen) atoms. The summed E-state index contributed by atoms with van der Waals surface area (Å²) in [6.45, 7) is 7.82. The van der Waals surface area contributed by atoms with Crippen molar-refractivity contribution >= 4 is 15.7 Å². The third-order valence-corrected chi connectivity index (χ3v) is 3.85. The maximum absolute atomic E-state index is 11.8. The lowest BCUT2D eigenvalue weighted by Crippen LogP contribution is -2.20. The molecule has 1 rings (SSSR count). The van der Waals surface area contributed by atoms with Crippen LogP contribution in [0.4, 0.5) is 5.69 Å². The highest BCUT2D eigenvalue weighted by Crippen LogP contribution is 2.23. The minimum absolute atomic E-state index is 0.0603. The monoisotopic (exact) mass is 275 g/mol. The first-order valence-corrected chi connectivity index (χ1v) is 7.49. The fourth-order valence-electron chi connectivity index (χ4n) is 1.71. The first-order chi connectivity index (χ1) is 8.28. The Kier molecular flexibility index (Phi) is 4.75. The first kappa shape index (κ1) is 15.0. The van der Waals surface area contributed by atoms with Gasteiger partial charge in [-0.2, -0.15) is 5.10 Å². The molecule has 1 heterocycles. The fraction of sp³-hybridized carbons (Fsp3) is 0.727. The van der Waals surface area contributed by atoms with Gasteiger partial charge in [-0.05, 0) is 27.7 Å². The average Bonchev–Trinajstić information content (AvgIpc) is 2.54. The highest BCUT2D eigenvalue weighted by molar-refractivity contribution is 7.92. The molecule has 6 nitrogen and oxygen atoms in total. The van der Waals surface area contributed by atoms with E-state index >= 15 is 0 Å². The summed E-state index contributed by atoms with van der Waals surface area (Å²) in [4.78, 5) is 0. The number of nitrogens with one attached hydrogen (secondary N) is 1. The van der Waals surface area contributed by atoms with Crippen molar-refractivity contribution in [3.8, 4) is 0 Å². The standard InChI is InChI=1S/C11H21N3O3S/c1-8(2)14-10(4)11(9(3)12-14)13-18(15,16)7-6-17-5/h8,13H,6-7H2,1-5H3. The molecule has 104 valence electrons. The minimum Gasteiger partial charge on any atom is -0.384 e. The second-order valence-corrected chi connectivity index (χ2v) is 6.34. The van der Waals surface area contributed by atoms with Crippen LogP contribution in [0.3, 0.4) is 0 Å². The fourth-order valence-corrected chi connectivity index (χ4v) is 2.81. The van der Waals surface area contributed by atoms with Gasteiger partial charge < -0.3 is 4.74 Å². The molecule has 0 aliphatic rings. The minimum atomic E-state index is -3.38. The van der Waals surface area contributed by atoms with Gasteiger partial charge >= 0.3 is 0 Å². The Balaban J connectivity index is 2.98. The van der Waals surface area contributed by atoms with E-state index in [1.54, 1.807) is 6.92 Å². The SMILES string of the molecule is COCCS(=O)(=O)Nc1c(C)nn(C(C)C)c1C. The van der Waals surface area contributed by atoms with E-state index in [1.807, 2.05) is 25.5 Å². The van der Waals surface area contributed by atoms with Crippen LogP contribution in [0.1, 0.15) is 31.3 Å². The lowest BCUT2D eigenvalue weighted by molar-refractivity contribution is 0.217. The van der Waals surface area contributed by atoms with Crippen molar-refractivity contribution in [3.63, 3.8) is 0 Å². The van der Waals surface area contributed by atoms with Gasteiger partial charge in [-0.15, -0.1) is 0 Å². The van der Waals surface area contributed by atoms with Crippen molar-refractivity contribution in [3.05, 3.63) is 11.4 Å². The van der Waals surface area contributed by atoms with Crippen LogP contribution in [0.25, 0.3) is 0 Å². The van der Waals surface area contributed by atoms with Crippen LogP contribution in [0.15, 0.2) is 0 Å². The van der Waals surface area contributed by atoms with Crippen molar-refractivity contribution in [2.45, 2.75) is 33.7 Å². The van der Waals surface area contributed by atoms with E-state index in [1.165, 1.54) is 7.11 Å². The summed E-state index contributed by atoms with van der Waals surface area (Å²) in [5, 5.41) is 4.33. The van der Waals surface area contributed by atoms with Gasteiger partial charge in [-0.1, -0.05) is 0 Å². The Morgan fingerprint density at radius 3 is 2.44 bits per heavy atom. The van der Waals surface area contributed by atoms with Crippen LogP contribution in [-0.4, -0.2) is 37.7 Å². The Bertz CT molecular complexity index is 506. The lowest BCUT2D eigenvalue weighted by atomic mass is 10.3. The van der Waals surface area contributed by atoms with E-state index in [-0.39, 0.29) is 18.4 Å².